The van der Waals surface area contributed by atoms with Gasteiger partial charge in [-0.3, -0.25) is 4.98 Å². The average molecular weight is 264 g/mol. The molecule has 0 bridgehead atoms. The maximum atomic E-state index is 4.51. The van der Waals surface area contributed by atoms with Crippen LogP contribution in [0.4, 0.5) is 5.82 Å². The minimum Gasteiger partial charge on any atom is -0.356 e. The standard InChI is InChI=1S/C15H28N4/c1-7-8-12(2)19(6)14-11-16-13(9-17-14)10-18-15(3,4)5/h9,11-12,18H,7-8,10H2,1-6H3. The molecule has 1 atom stereocenters. The van der Waals surface area contributed by atoms with E-state index in [9.17, 15) is 0 Å². The predicted molar refractivity (Wildman–Crippen MR) is 81.4 cm³/mol. The second-order valence-electron chi connectivity index (χ2n) is 6.22. The lowest BCUT2D eigenvalue weighted by Gasteiger charge is -2.25. The first kappa shape index (κ1) is 15.9. The van der Waals surface area contributed by atoms with Crippen LogP contribution < -0.4 is 10.2 Å². The van der Waals surface area contributed by atoms with Crippen LogP contribution in [0.3, 0.4) is 0 Å². The number of nitrogens with zero attached hydrogens (tertiary/aromatic N) is 3. The van der Waals surface area contributed by atoms with Crippen LogP contribution in [0.25, 0.3) is 0 Å². The summed E-state index contributed by atoms with van der Waals surface area (Å²) in [6.07, 6.45) is 6.09. The fourth-order valence-corrected chi connectivity index (χ4v) is 1.81. The first-order valence-electron chi connectivity index (χ1n) is 7.12. The van der Waals surface area contributed by atoms with Gasteiger partial charge in [0.05, 0.1) is 18.1 Å². The molecular weight excluding hydrogens is 236 g/mol. The monoisotopic (exact) mass is 264 g/mol. The van der Waals surface area contributed by atoms with Gasteiger partial charge >= 0.3 is 0 Å². The van der Waals surface area contributed by atoms with Crippen molar-refractivity contribution in [3.05, 3.63) is 18.1 Å². The highest BCUT2D eigenvalue weighted by molar-refractivity contribution is 5.35. The third-order valence-electron chi connectivity index (χ3n) is 3.22. The van der Waals surface area contributed by atoms with Crippen molar-refractivity contribution in [3.63, 3.8) is 0 Å². The van der Waals surface area contributed by atoms with Gasteiger partial charge < -0.3 is 10.2 Å². The SMILES string of the molecule is CCCC(C)N(C)c1cnc(CNC(C)(C)C)cn1. The zero-order valence-electron chi connectivity index (χ0n) is 13.2. The van der Waals surface area contributed by atoms with Gasteiger partial charge in [-0.05, 0) is 34.1 Å². The zero-order valence-corrected chi connectivity index (χ0v) is 13.2. The van der Waals surface area contributed by atoms with Crippen molar-refractivity contribution in [2.24, 2.45) is 0 Å². The molecule has 0 aliphatic heterocycles. The summed E-state index contributed by atoms with van der Waals surface area (Å²) >= 11 is 0. The van der Waals surface area contributed by atoms with Gasteiger partial charge in [0, 0.05) is 25.2 Å². The first-order valence-corrected chi connectivity index (χ1v) is 7.12. The van der Waals surface area contributed by atoms with Crippen molar-refractivity contribution < 1.29 is 0 Å². The van der Waals surface area contributed by atoms with E-state index in [0.717, 1.165) is 18.1 Å². The third kappa shape index (κ3) is 5.55. The van der Waals surface area contributed by atoms with Crippen molar-refractivity contribution in [2.45, 2.75) is 65.6 Å². The molecule has 1 aromatic rings. The summed E-state index contributed by atoms with van der Waals surface area (Å²) < 4.78 is 0. The van der Waals surface area contributed by atoms with Gasteiger partial charge in [-0.25, -0.2) is 4.98 Å². The number of rotatable bonds is 6. The van der Waals surface area contributed by atoms with E-state index >= 15 is 0 Å². The number of hydrogen-bond donors (Lipinski definition) is 1. The van der Waals surface area contributed by atoms with Gasteiger partial charge in [-0.1, -0.05) is 13.3 Å². The van der Waals surface area contributed by atoms with Crippen LogP contribution in [-0.4, -0.2) is 28.6 Å². The van der Waals surface area contributed by atoms with Crippen LogP contribution in [0, 0.1) is 0 Å². The molecule has 1 aromatic heterocycles. The summed E-state index contributed by atoms with van der Waals surface area (Å²) in [7, 11) is 2.08. The quantitative estimate of drug-likeness (QED) is 0.857. The normalized spacial score (nSPS) is 13.4. The van der Waals surface area contributed by atoms with Crippen molar-refractivity contribution >= 4 is 5.82 Å². The van der Waals surface area contributed by atoms with E-state index in [4.69, 9.17) is 0 Å². The van der Waals surface area contributed by atoms with E-state index in [1.165, 1.54) is 12.8 Å². The Labute approximate surface area is 117 Å². The highest BCUT2D eigenvalue weighted by atomic mass is 15.2. The number of hydrogen-bond acceptors (Lipinski definition) is 4. The Morgan fingerprint density at radius 2 is 1.95 bits per heavy atom. The summed E-state index contributed by atoms with van der Waals surface area (Å²) in [6, 6.07) is 0.498. The molecule has 0 spiro atoms. The Morgan fingerprint density at radius 1 is 1.26 bits per heavy atom. The Bertz CT molecular complexity index is 367. The molecule has 0 radical (unpaired) electrons. The molecule has 1 rings (SSSR count). The van der Waals surface area contributed by atoms with Crippen molar-refractivity contribution in [1.29, 1.82) is 0 Å². The van der Waals surface area contributed by atoms with E-state index in [-0.39, 0.29) is 5.54 Å². The first-order chi connectivity index (χ1) is 8.83. The summed E-state index contributed by atoms with van der Waals surface area (Å²) in [5.41, 5.74) is 1.09. The molecule has 0 aromatic carbocycles. The highest BCUT2D eigenvalue weighted by Crippen LogP contribution is 2.13. The van der Waals surface area contributed by atoms with Gasteiger partial charge in [-0.2, -0.15) is 0 Å². The largest absolute Gasteiger partial charge is 0.356 e. The molecule has 4 heteroatoms. The van der Waals surface area contributed by atoms with Crippen molar-refractivity contribution in [1.82, 2.24) is 15.3 Å². The molecule has 1 unspecified atom stereocenters. The Balaban J connectivity index is 2.60. The molecule has 1 N–H and O–H groups in total. The molecule has 0 saturated heterocycles. The molecule has 0 fully saturated rings. The lowest BCUT2D eigenvalue weighted by molar-refractivity contribution is 0.421. The maximum absolute atomic E-state index is 4.51. The van der Waals surface area contributed by atoms with Gasteiger partial charge in [-0.15, -0.1) is 0 Å². The molecule has 19 heavy (non-hydrogen) atoms. The van der Waals surface area contributed by atoms with E-state index in [1.54, 1.807) is 0 Å². The number of aromatic nitrogens is 2. The number of nitrogens with one attached hydrogen (secondary N) is 1. The molecule has 0 aliphatic carbocycles. The summed E-state index contributed by atoms with van der Waals surface area (Å²) in [5, 5.41) is 3.41. The van der Waals surface area contributed by atoms with E-state index in [0.29, 0.717) is 6.04 Å². The topological polar surface area (TPSA) is 41.1 Å². The average Bonchev–Trinajstić information content (AvgIpc) is 2.35. The number of anilines is 1. The molecule has 0 saturated carbocycles. The maximum Gasteiger partial charge on any atom is 0.147 e. The molecule has 108 valence electrons. The Kier molecular flexibility index (Phi) is 5.73. The van der Waals surface area contributed by atoms with E-state index < -0.39 is 0 Å². The van der Waals surface area contributed by atoms with Crippen LogP contribution >= 0.6 is 0 Å². The highest BCUT2D eigenvalue weighted by Gasteiger charge is 2.12. The fourth-order valence-electron chi connectivity index (χ4n) is 1.81. The van der Waals surface area contributed by atoms with Gasteiger partial charge in [0.15, 0.2) is 0 Å². The van der Waals surface area contributed by atoms with Gasteiger partial charge in [0.25, 0.3) is 0 Å². The molecule has 0 amide bonds. The lowest BCUT2D eigenvalue weighted by Crippen LogP contribution is -2.35. The summed E-state index contributed by atoms with van der Waals surface area (Å²) in [4.78, 5) is 11.2. The minimum absolute atomic E-state index is 0.104. The summed E-state index contributed by atoms with van der Waals surface area (Å²) in [5.74, 6) is 0.945. The zero-order chi connectivity index (χ0) is 14.5. The molecular formula is C15H28N4. The van der Waals surface area contributed by atoms with Gasteiger partial charge in [0.1, 0.15) is 5.82 Å². The summed E-state index contributed by atoms with van der Waals surface area (Å²) in [6.45, 7) is 11.6. The molecule has 4 nitrogen and oxygen atoms in total. The minimum atomic E-state index is 0.104. The smallest absolute Gasteiger partial charge is 0.147 e. The predicted octanol–water partition coefficient (Wildman–Crippen LogP) is 2.99. The van der Waals surface area contributed by atoms with Crippen LogP contribution in [0.5, 0.6) is 0 Å². The van der Waals surface area contributed by atoms with Crippen LogP contribution in [-0.2, 0) is 6.54 Å². The van der Waals surface area contributed by atoms with Crippen molar-refractivity contribution in [2.75, 3.05) is 11.9 Å². The second kappa shape index (κ2) is 6.85. The Hall–Kier alpha value is -1.16. The fraction of sp³-hybridized carbons (Fsp3) is 0.733. The van der Waals surface area contributed by atoms with Crippen molar-refractivity contribution in [3.8, 4) is 0 Å². The van der Waals surface area contributed by atoms with Gasteiger partial charge in [0.2, 0.25) is 0 Å². The van der Waals surface area contributed by atoms with Crippen LogP contribution in [0.2, 0.25) is 0 Å². The molecule has 0 aliphatic rings. The second-order valence-corrected chi connectivity index (χ2v) is 6.22. The molecule has 1 heterocycles. The third-order valence-corrected chi connectivity index (χ3v) is 3.22. The Morgan fingerprint density at radius 3 is 2.42 bits per heavy atom. The van der Waals surface area contributed by atoms with Crippen LogP contribution in [0.1, 0.15) is 53.2 Å². The van der Waals surface area contributed by atoms with E-state index in [1.807, 2.05) is 12.4 Å². The van der Waals surface area contributed by atoms with E-state index in [2.05, 4.69) is 61.9 Å². The lowest BCUT2D eigenvalue weighted by atomic mass is 10.1. The van der Waals surface area contributed by atoms with Crippen LogP contribution in [0.15, 0.2) is 12.4 Å².